The standard InChI is InChI=1S/C11H14BrFS/c1-2-9(7-12)8-14-11-5-3-4-10(13)6-11/h3-6,9H,2,7-8H2,1H3. The van der Waals surface area contributed by atoms with Crippen LogP contribution in [0.3, 0.4) is 0 Å². The molecule has 0 radical (unpaired) electrons. The van der Waals surface area contributed by atoms with Crippen molar-refractivity contribution in [1.82, 2.24) is 0 Å². The first-order chi connectivity index (χ1) is 6.76. The molecule has 0 aliphatic rings. The summed E-state index contributed by atoms with van der Waals surface area (Å²) in [4.78, 5) is 1.02. The van der Waals surface area contributed by atoms with Crippen LogP contribution in [0, 0.1) is 11.7 Å². The van der Waals surface area contributed by atoms with Crippen LogP contribution < -0.4 is 0 Å². The largest absolute Gasteiger partial charge is 0.207 e. The first-order valence-corrected chi connectivity index (χ1v) is 6.81. The maximum Gasteiger partial charge on any atom is 0.124 e. The summed E-state index contributed by atoms with van der Waals surface area (Å²) in [7, 11) is 0. The Morgan fingerprint density at radius 1 is 1.50 bits per heavy atom. The zero-order valence-corrected chi connectivity index (χ0v) is 10.6. The Labute approximate surface area is 97.4 Å². The van der Waals surface area contributed by atoms with Gasteiger partial charge in [0, 0.05) is 16.0 Å². The van der Waals surface area contributed by atoms with Gasteiger partial charge in [0.15, 0.2) is 0 Å². The highest BCUT2D eigenvalue weighted by atomic mass is 79.9. The van der Waals surface area contributed by atoms with Crippen LogP contribution in [-0.2, 0) is 0 Å². The van der Waals surface area contributed by atoms with Gasteiger partial charge in [-0.25, -0.2) is 4.39 Å². The van der Waals surface area contributed by atoms with Gasteiger partial charge in [0.2, 0.25) is 0 Å². The molecule has 14 heavy (non-hydrogen) atoms. The van der Waals surface area contributed by atoms with Gasteiger partial charge in [0.1, 0.15) is 5.82 Å². The summed E-state index contributed by atoms with van der Waals surface area (Å²) in [6, 6.07) is 6.78. The minimum atomic E-state index is -0.151. The number of hydrogen-bond acceptors (Lipinski definition) is 1. The number of benzene rings is 1. The molecule has 1 atom stereocenters. The predicted octanol–water partition coefficient (Wildman–Crippen LogP) is 4.34. The molecule has 0 saturated carbocycles. The number of halogens is 2. The maximum absolute atomic E-state index is 12.8. The molecule has 0 aromatic heterocycles. The fraction of sp³-hybridized carbons (Fsp3) is 0.455. The van der Waals surface area contributed by atoms with E-state index in [-0.39, 0.29) is 5.82 Å². The minimum Gasteiger partial charge on any atom is -0.207 e. The molecule has 1 rings (SSSR count). The van der Waals surface area contributed by atoms with Crippen LogP contribution in [0.15, 0.2) is 29.2 Å². The first kappa shape index (κ1) is 12.1. The number of hydrogen-bond donors (Lipinski definition) is 0. The summed E-state index contributed by atoms with van der Waals surface area (Å²) < 4.78 is 12.8. The van der Waals surface area contributed by atoms with E-state index in [9.17, 15) is 4.39 Å². The lowest BCUT2D eigenvalue weighted by Crippen LogP contribution is -2.02. The highest BCUT2D eigenvalue weighted by Crippen LogP contribution is 2.23. The Kier molecular flexibility index (Phi) is 5.56. The summed E-state index contributed by atoms with van der Waals surface area (Å²) in [6.07, 6.45) is 1.16. The van der Waals surface area contributed by atoms with Crippen molar-refractivity contribution >= 4 is 27.7 Å². The average molecular weight is 277 g/mol. The summed E-state index contributed by atoms with van der Waals surface area (Å²) in [5, 5.41) is 1.02. The Morgan fingerprint density at radius 2 is 2.29 bits per heavy atom. The molecule has 0 amide bonds. The van der Waals surface area contributed by atoms with Gasteiger partial charge >= 0.3 is 0 Å². The lowest BCUT2D eigenvalue weighted by molar-refractivity contribution is 0.623. The van der Waals surface area contributed by atoms with Crippen molar-refractivity contribution in [3.05, 3.63) is 30.1 Å². The van der Waals surface area contributed by atoms with Crippen molar-refractivity contribution < 1.29 is 4.39 Å². The summed E-state index contributed by atoms with van der Waals surface area (Å²) >= 11 is 5.20. The molecule has 0 aliphatic carbocycles. The van der Waals surface area contributed by atoms with Gasteiger partial charge in [0.25, 0.3) is 0 Å². The summed E-state index contributed by atoms with van der Waals surface area (Å²) in [5.74, 6) is 1.57. The van der Waals surface area contributed by atoms with Gasteiger partial charge in [-0.2, -0.15) is 0 Å². The second-order valence-electron chi connectivity index (χ2n) is 3.20. The molecular formula is C11H14BrFS. The highest BCUT2D eigenvalue weighted by Gasteiger charge is 2.05. The monoisotopic (exact) mass is 276 g/mol. The van der Waals surface area contributed by atoms with Crippen LogP contribution >= 0.6 is 27.7 Å². The number of thioether (sulfide) groups is 1. The minimum absolute atomic E-state index is 0.151. The Balaban J connectivity index is 2.44. The summed E-state index contributed by atoms with van der Waals surface area (Å²) in [6.45, 7) is 2.18. The third kappa shape index (κ3) is 4.01. The van der Waals surface area contributed by atoms with E-state index < -0.39 is 0 Å². The van der Waals surface area contributed by atoms with Gasteiger partial charge in [-0.05, 0) is 24.1 Å². The second kappa shape index (κ2) is 6.46. The third-order valence-electron chi connectivity index (χ3n) is 2.08. The van der Waals surface area contributed by atoms with Crippen molar-refractivity contribution in [3.63, 3.8) is 0 Å². The van der Waals surface area contributed by atoms with Crippen molar-refractivity contribution in [2.75, 3.05) is 11.1 Å². The lowest BCUT2D eigenvalue weighted by atomic mass is 10.2. The Bertz CT molecular complexity index is 274. The summed E-state index contributed by atoms with van der Waals surface area (Å²) in [5.41, 5.74) is 0. The Hall–Kier alpha value is -0.0200. The molecule has 0 fully saturated rings. The molecule has 1 aromatic rings. The molecule has 78 valence electrons. The maximum atomic E-state index is 12.8. The van der Waals surface area contributed by atoms with Crippen LogP contribution in [0.2, 0.25) is 0 Å². The molecule has 0 spiro atoms. The van der Waals surface area contributed by atoms with E-state index in [1.165, 1.54) is 6.07 Å². The molecule has 0 bridgehead atoms. The quantitative estimate of drug-likeness (QED) is 0.570. The molecule has 1 unspecified atom stereocenters. The molecule has 0 heterocycles. The predicted molar refractivity (Wildman–Crippen MR) is 64.7 cm³/mol. The molecule has 3 heteroatoms. The zero-order chi connectivity index (χ0) is 10.4. The van der Waals surface area contributed by atoms with Crippen molar-refractivity contribution in [2.24, 2.45) is 5.92 Å². The van der Waals surface area contributed by atoms with Gasteiger partial charge in [0.05, 0.1) is 0 Å². The average Bonchev–Trinajstić information content (AvgIpc) is 2.19. The molecule has 0 N–H and O–H groups in total. The van der Waals surface area contributed by atoms with E-state index in [0.717, 1.165) is 22.4 Å². The smallest absolute Gasteiger partial charge is 0.124 e. The second-order valence-corrected chi connectivity index (χ2v) is 4.94. The molecule has 0 nitrogen and oxygen atoms in total. The van der Waals surface area contributed by atoms with E-state index in [1.54, 1.807) is 23.9 Å². The van der Waals surface area contributed by atoms with Gasteiger partial charge < -0.3 is 0 Å². The SMILES string of the molecule is CCC(CBr)CSc1cccc(F)c1. The fourth-order valence-electron chi connectivity index (χ4n) is 1.04. The zero-order valence-electron chi connectivity index (χ0n) is 8.17. The van der Waals surface area contributed by atoms with Crippen molar-refractivity contribution in [2.45, 2.75) is 18.2 Å². The van der Waals surface area contributed by atoms with E-state index in [1.807, 2.05) is 6.07 Å². The number of alkyl halides is 1. The molecule has 0 aliphatic heterocycles. The van der Waals surface area contributed by atoms with E-state index in [2.05, 4.69) is 22.9 Å². The van der Waals surface area contributed by atoms with Crippen molar-refractivity contribution in [3.8, 4) is 0 Å². The topological polar surface area (TPSA) is 0 Å². The van der Waals surface area contributed by atoms with Crippen LogP contribution in [-0.4, -0.2) is 11.1 Å². The van der Waals surface area contributed by atoms with Crippen LogP contribution in [0.4, 0.5) is 4.39 Å². The normalized spacial score (nSPS) is 12.8. The highest BCUT2D eigenvalue weighted by molar-refractivity contribution is 9.09. The first-order valence-electron chi connectivity index (χ1n) is 4.70. The van der Waals surface area contributed by atoms with Gasteiger partial charge in [-0.1, -0.05) is 35.3 Å². The molecular weight excluding hydrogens is 263 g/mol. The lowest BCUT2D eigenvalue weighted by Gasteiger charge is -2.10. The number of rotatable bonds is 5. The molecule has 1 aromatic carbocycles. The van der Waals surface area contributed by atoms with Crippen LogP contribution in [0.1, 0.15) is 13.3 Å². The van der Waals surface area contributed by atoms with Gasteiger partial charge in [-0.3, -0.25) is 0 Å². The van der Waals surface area contributed by atoms with Gasteiger partial charge in [-0.15, -0.1) is 11.8 Å². The third-order valence-corrected chi connectivity index (χ3v) is 4.22. The van der Waals surface area contributed by atoms with Crippen molar-refractivity contribution in [1.29, 1.82) is 0 Å². The fourth-order valence-corrected chi connectivity index (χ4v) is 3.18. The van der Waals surface area contributed by atoms with E-state index in [0.29, 0.717) is 5.92 Å². The van der Waals surface area contributed by atoms with Crippen LogP contribution in [0.25, 0.3) is 0 Å². The van der Waals surface area contributed by atoms with E-state index in [4.69, 9.17) is 0 Å². The van der Waals surface area contributed by atoms with Crippen LogP contribution in [0.5, 0.6) is 0 Å². The Morgan fingerprint density at radius 3 is 2.86 bits per heavy atom. The van der Waals surface area contributed by atoms with E-state index >= 15 is 0 Å². The molecule has 0 saturated heterocycles.